The highest BCUT2D eigenvalue weighted by atomic mass is 16.3. The maximum atomic E-state index is 10.4. The van der Waals surface area contributed by atoms with Gasteiger partial charge < -0.3 is 0 Å². The Balaban J connectivity index is 3.08. The monoisotopic (exact) mass is 108 g/mol. The molecule has 1 aromatic rings. The van der Waals surface area contributed by atoms with E-state index in [1.165, 1.54) is 6.20 Å². The lowest BCUT2D eigenvalue weighted by Gasteiger charge is -1.86. The zero-order valence-electron chi connectivity index (χ0n) is 4.59. The molecule has 0 aliphatic rings. The van der Waals surface area contributed by atoms with Gasteiger partial charge in [0.15, 0.2) is 5.75 Å². The van der Waals surface area contributed by atoms with Gasteiger partial charge in [-0.3, -0.25) is 10.1 Å². The summed E-state index contributed by atoms with van der Waals surface area (Å²) in [6.45, 7) is 1.84. The van der Waals surface area contributed by atoms with Crippen molar-refractivity contribution in [2.75, 3.05) is 0 Å². The number of nitrogens with zero attached hydrogens (tertiary/aromatic N) is 1. The van der Waals surface area contributed by atoms with Gasteiger partial charge in [0.1, 0.15) is 0 Å². The van der Waals surface area contributed by atoms with Crippen LogP contribution in [0.15, 0.2) is 18.5 Å². The third-order valence-electron chi connectivity index (χ3n) is 0.850. The van der Waals surface area contributed by atoms with Gasteiger partial charge in [0.05, 0.1) is 6.20 Å². The van der Waals surface area contributed by atoms with Gasteiger partial charge in [-0.15, -0.1) is 0 Å². The lowest BCUT2D eigenvalue weighted by molar-refractivity contribution is 0.352. The highest BCUT2D eigenvalue weighted by Gasteiger charge is 1.87. The normalized spacial score (nSPS) is 9.12. The molecule has 8 heavy (non-hydrogen) atoms. The summed E-state index contributed by atoms with van der Waals surface area (Å²) in [5.74, 6) is -0.0231. The molecule has 2 nitrogen and oxygen atoms in total. The molecule has 0 saturated carbocycles. The van der Waals surface area contributed by atoms with Gasteiger partial charge in [0, 0.05) is 6.20 Å². The van der Waals surface area contributed by atoms with Crippen LogP contribution in [0.3, 0.4) is 0 Å². The minimum atomic E-state index is -0.0231. The van der Waals surface area contributed by atoms with Gasteiger partial charge in [0.2, 0.25) is 0 Å². The van der Waals surface area contributed by atoms with Crippen LogP contribution in [-0.2, 0) is 5.11 Å². The fraction of sp³-hybridized carbons (Fsp3) is 0.167. The summed E-state index contributed by atoms with van der Waals surface area (Å²) >= 11 is 0. The Labute approximate surface area is 47.8 Å². The SMILES string of the molecule is Cc1cncc([O])c1. The van der Waals surface area contributed by atoms with Crippen molar-refractivity contribution in [3.8, 4) is 5.75 Å². The fourth-order valence-corrected chi connectivity index (χ4v) is 0.527. The highest BCUT2D eigenvalue weighted by molar-refractivity contribution is 5.19. The van der Waals surface area contributed by atoms with Crippen molar-refractivity contribution < 1.29 is 5.11 Å². The number of pyridine rings is 1. The Bertz CT molecular complexity index is 168. The van der Waals surface area contributed by atoms with Crippen molar-refractivity contribution in [2.45, 2.75) is 6.92 Å². The maximum absolute atomic E-state index is 10.4. The van der Waals surface area contributed by atoms with E-state index in [0.29, 0.717) is 0 Å². The van der Waals surface area contributed by atoms with E-state index in [2.05, 4.69) is 4.98 Å². The summed E-state index contributed by atoms with van der Waals surface area (Å²) in [7, 11) is 0. The summed E-state index contributed by atoms with van der Waals surface area (Å²) in [6.07, 6.45) is 2.95. The van der Waals surface area contributed by atoms with Crippen LogP contribution in [0.1, 0.15) is 5.56 Å². The zero-order chi connectivity index (χ0) is 5.98. The Hall–Kier alpha value is -1.05. The van der Waals surface area contributed by atoms with Gasteiger partial charge in [-0.05, 0) is 18.6 Å². The molecule has 1 rings (SSSR count). The van der Waals surface area contributed by atoms with Crippen molar-refractivity contribution in [3.63, 3.8) is 0 Å². The molecular formula is C6H6NO. The highest BCUT2D eigenvalue weighted by Crippen LogP contribution is 2.06. The van der Waals surface area contributed by atoms with E-state index < -0.39 is 0 Å². The van der Waals surface area contributed by atoms with Crippen LogP contribution in [0.2, 0.25) is 0 Å². The molecule has 1 heterocycles. The quantitative estimate of drug-likeness (QED) is 0.496. The average Bonchev–Trinajstić information content (AvgIpc) is 1.64. The average molecular weight is 108 g/mol. The van der Waals surface area contributed by atoms with E-state index in [0.717, 1.165) is 5.56 Å². The molecule has 0 bridgehead atoms. The predicted molar refractivity (Wildman–Crippen MR) is 29.1 cm³/mol. The number of rotatable bonds is 0. The van der Waals surface area contributed by atoms with E-state index in [1.807, 2.05) is 6.92 Å². The molecule has 2 heteroatoms. The topological polar surface area (TPSA) is 32.8 Å². The van der Waals surface area contributed by atoms with Gasteiger partial charge in [0.25, 0.3) is 0 Å². The molecule has 0 unspecified atom stereocenters. The largest absolute Gasteiger partial charge is 0.288 e. The second-order valence-electron chi connectivity index (χ2n) is 1.70. The van der Waals surface area contributed by atoms with Crippen molar-refractivity contribution in [3.05, 3.63) is 24.0 Å². The molecule has 0 atom stereocenters. The van der Waals surface area contributed by atoms with E-state index >= 15 is 0 Å². The van der Waals surface area contributed by atoms with E-state index in [-0.39, 0.29) is 5.75 Å². The summed E-state index contributed by atoms with van der Waals surface area (Å²) < 4.78 is 0. The standard InChI is InChI=1S/C6H6NO/c1-5-2-6(8)4-7-3-5/h2-4H,1H3. The predicted octanol–water partition coefficient (Wildman–Crippen LogP) is 1.53. The second-order valence-corrected chi connectivity index (χ2v) is 1.70. The zero-order valence-corrected chi connectivity index (χ0v) is 4.59. The molecular weight excluding hydrogens is 102 g/mol. The minimum absolute atomic E-state index is 0.0231. The molecule has 0 aliphatic carbocycles. The Morgan fingerprint density at radius 2 is 2.25 bits per heavy atom. The number of aryl methyl sites for hydroxylation is 1. The van der Waals surface area contributed by atoms with Gasteiger partial charge in [-0.25, -0.2) is 0 Å². The van der Waals surface area contributed by atoms with Crippen molar-refractivity contribution in [1.82, 2.24) is 4.98 Å². The van der Waals surface area contributed by atoms with Gasteiger partial charge >= 0.3 is 0 Å². The first-order valence-corrected chi connectivity index (χ1v) is 2.38. The van der Waals surface area contributed by atoms with E-state index in [1.54, 1.807) is 12.3 Å². The summed E-state index contributed by atoms with van der Waals surface area (Å²) in [6, 6.07) is 1.55. The lowest BCUT2D eigenvalue weighted by Crippen LogP contribution is -1.71. The molecule has 0 aliphatic heterocycles. The Kier molecular flexibility index (Phi) is 1.16. The molecule has 41 valence electrons. The van der Waals surface area contributed by atoms with Crippen LogP contribution >= 0.6 is 0 Å². The molecule has 1 radical (unpaired) electrons. The first-order chi connectivity index (χ1) is 3.79. The minimum Gasteiger partial charge on any atom is -0.288 e. The van der Waals surface area contributed by atoms with Crippen LogP contribution in [0.5, 0.6) is 5.75 Å². The molecule has 0 aromatic carbocycles. The van der Waals surface area contributed by atoms with Gasteiger partial charge in [-0.2, -0.15) is 0 Å². The van der Waals surface area contributed by atoms with E-state index in [4.69, 9.17) is 0 Å². The van der Waals surface area contributed by atoms with Crippen LogP contribution in [-0.4, -0.2) is 4.98 Å². The first-order valence-electron chi connectivity index (χ1n) is 2.38. The first kappa shape index (κ1) is 5.09. The van der Waals surface area contributed by atoms with Crippen molar-refractivity contribution in [1.29, 1.82) is 0 Å². The molecule has 0 spiro atoms. The summed E-state index contributed by atoms with van der Waals surface area (Å²) in [5, 5.41) is 10.4. The molecule has 1 aromatic heterocycles. The lowest BCUT2D eigenvalue weighted by atomic mass is 10.3. The summed E-state index contributed by atoms with van der Waals surface area (Å²) in [4.78, 5) is 3.67. The third kappa shape index (κ3) is 0.964. The van der Waals surface area contributed by atoms with Crippen molar-refractivity contribution >= 4 is 0 Å². The van der Waals surface area contributed by atoms with Crippen LogP contribution in [0, 0.1) is 6.92 Å². The Morgan fingerprint density at radius 1 is 1.50 bits per heavy atom. The molecule has 0 fully saturated rings. The van der Waals surface area contributed by atoms with Crippen LogP contribution in [0.25, 0.3) is 0 Å². The number of aromatic nitrogens is 1. The third-order valence-corrected chi connectivity index (χ3v) is 0.850. The second kappa shape index (κ2) is 1.82. The number of hydrogen-bond donors (Lipinski definition) is 0. The van der Waals surface area contributed by atoms with Gasteiger partial charge in [-0.1, -0.05) is 0 Å². The number of hydrogen-bond acceptors (Lipinski definition) is 1. The molecule has 0 amide bonds. The summed E-state index contributed by atoms with van der Waals surface area (Å²) in [5.41, 5.74) is 0.914. The van der Waals surface area contributed by atoms with E-state index in [9.17, 15) is 5.11 Å². The fourth-order valence-electron chi connectivity index (χ4n) is 0.527. The smallest absolute Gasteiger partial charge is 0.197 e. The maximum Gasteiger partial charge on any atom is 0.197 e. The molecule has 0 N–H and O–H groups in total. The molecule has 0 saturated heterocycles. The van der Waals surface area contributed by atoms with Crippen LogP contribution in [0.4, 0.5) is 0 Å². The van der Waals surface area contributed by atoms with Crippen molar-refractivity contribution in [2.24, 2.45) is 0 Å². The van der Waals surface area contributed by atoms with Crippen LogP contribution < -0.4 is 0 Å². The Morgan fingerprint density at radius 3 is 2.62 bits per heavy atom.